The Bertz CT molecular complexity index is 874. The predicted molar refractivity (Wildman–Crippen MR) is 79.5 cm³/mol. The zero-order valence-electron chi connectivity index (χ0n) is 11.5. The summed E-state index contributed by atoms with van der Waals surface area (Å²) in [4.78, 5) is 4.55. The Kier molecular flexibility index (Phi) is 3.07. The summed E-state index contributed by atoms with van der Waals surface area (Å²) < 4.78 is 15.4. The van der Waals surface area contributed by atoms with Crippen molar-refractivity contribution in [3.63, 3.8) is 0 Å². The van der Waals surface area contributed by atoms with Gasteiger partial charge in [-0.1, -0.05) is 6.92 Å². The molecule has 0 saturated carbocycles. The van der Waals surface area contributed by atoms with E-state index in [0.29, 0.717) is 12.1 Å². The molecule has 2 aromatic carbocycles. The summed E-state index contributed by atoms with van der Waals surface area (Å²) in [6, 6.07) is 11.8. The Balaban J connectivity index is 2.31. The van der Waals surface area contributed by atoms with Crippen molar-refractivity contribution in [1.82, 2.24) is 9.55 Å². The van der Waals surface area contributed by atoms with Crippen LogP contribution in [-0.2, 0) is 6.42 Å². The number of nitriles is 1. The highest BCUT2D eigenvalue weighted by atomic mass is 19.1. The van der Waals surface area contributed by atoms with Gasteiger partial charge in [-0.3, -0.25) is 4.57 Å². The van der Waals surface area contributed by atoms with Crippen molar-refractivity contribution in [1.29, 1.82) is 5.26 Å². The lowest BCUT2D eigenvalue weighted by molar-refractivity contribution is 0.623. The highest BCUT2D eigenvalue weighted by Gasteiger charge is 2.13. The number of nitrogens with two attached hydrogens (primary N) is 1. The number of hydrogen-bond donors (Lipinski definition) is 1. The van der Waals surface area contributed by atoms with Crippen LogP contribution in [0.5, 0.6) is 0 Å². The van der Waals surface area contributed by atoms with E-state index in [1.165, 1.54) is 12.1 Å². The normalized spacial score (nSPS) is 10.7. The summed E-state index contributed by atoms with van der Waals surface area (Å²) in [6.07, 6.45) is 0.716. The molecule has 0 aliphatic carbocycles. The zero-order chi connectivity index (χ0) is 15.0. The van der Waals surface area contributed by atoms with Gasteiger partial charge in [-0.15, -0.1) is 0 Å². The highest BCUT2D eigenvalue weighted by molar-refractivity contribution is 5.81. The first-order valence-electron chi connectivity index (χ1n) is 6.61. The van der Waals surface area contributed by atoms with Gasteiger partial charge in [0.25, 0.3) is 0 Å². The molecule has 0 fully saturated rings. The average Bonchev–Trinajstić information content (AvgIpc) is 2.85. The Morgan fingerprint density at radius 3 is 2.81 bits per heavy atom. The van der Waals surface area contributed by atoms with E-state index in [4.69, 9.17) is 11.0 Å². The van der Waals surface area contributed by atoms with Gasteiger partial charge in [-0.25, -0.2) is 9.37 Å². The van der Waals surface area contributed by atoms with Crippen LogP contribution in [0.3, 0.4) is 0 Å². The first kappa shape index (κ1) is 13.1. The third-order valence-electron chi connectivity index (χ3n) is 3.39. The third-order valence-corrected chi connectivity index (χ3v) is 3.39. The van der Waals surface area contributed by atoms with Crippen LogP contribution < -0.4 is 5.73 Å². The van der Waals surface area contributed by atoms with Gasteiger partial charge in [0.2, 0.25) is 0 Å². The molecule has 0 unspecified atom stereocenters. The molecular weight excluding hydrogens is 267 g/mol. The van der Waals surface area contributed by atoms with Crippen molar-refractivity contribution in [3.05, 3.63) is 53.6 Å². The maximum atomic E-state index is 13.5. The molecule has 0 radical (unpaired) electrons. The fraction of sp³-hybridized carbons (Fsp3) is 0.125. The third kappa shape index (κ3) is 2.11. The number of aryl methyl sites for hydroxylation is 1. The summed E-state index contributed by atoms with van der Waals surface area (Å²) in [5, 5.41) is 8.99. The number of benzene rings is 2. The number of nitrogen functional groups attached to an aromatic ring is 1. The van der Waals surface area contributed by atoms with Crippen LogP contribution in [0.4, 0.5) is 10.1 Å². The molecule has 0 spiro atoms. The van der Waals surface area contributed by atoms with E-state index in [2.05, 4.69) is 4.98 Å². The number of imidazole rings is 1. The lowest BCUT2D eigenvalue weighted by Gasteiger charge is -2.09. The molecule has 0 aliphatic rings. The quantitative estimate of drug-likeness (QED) is 0.733. The number of anilines is 1. The second kappa shape index (κ2) is 4.91. The van der Waals surface area contributed by atoms with Gasteiger partial charge in [-0.2, -0.15) is 5.26 Å². The first-order chi connectivity index (χ1) is 10.1. The summed E-state index contributed by atoms with van der Waals surface area (Å²) in [6.45, 7) is 2.00. The second-order valence-electron chi connectivity index (χ2n) is 4.74. The molecule has 3 aromatic rings. The minimum atomic E-state index is -0.520. The molecule has 0 saturated heterocycles. The zero-order valence-corrected chi connectivity index (χ0v) is 11.5. The van der Waals surface area contributed by atoms with E-state index in [1.807, 2.05) is 23.6 Å². The number of halogens is 1. The van der Waals surface area contributed by atoms with E-state index >= 15 is 0 Å². The molecule has 0 aliphatic heterocycles. The van der Waals surface area contributed by atoms with Crippen LogP contribution >= 0.6 is 0 Å². The van der Waals surface area contributed by atoms with Crippen molar-refractivity contribution in [3.8, 4) is 11.8 Å². The molecule has 4 nitrogen and oxygen atoms in total. The summed E-state index contributed by atoms with van der Waals surface area (Å²) in [5.41, 5.74) is 8.84. The van der Waals surface area contributed by atoms with E-state index < -0.39 is 5.82 Å². The van der Waals surface area contributed by atoms with Gasteiger partial charge < -0.3 is 5.73 Å². The minimum absolute atomic E-state index is 0.0202. The van der Waals surface area contributed by atoms with Crippen LogP contribution in [0.25, 0.3) is 16.7 Å². The molecule has 2 N–H and O–H groups in total. The second-order valence-corrected chi connectivity index (χ2v) is 4.74. The van der Waals surface area contributed by atoms with Gasteiger partial charge in [0.05, 0.1) is 16.6 Å². The molecule has 3 rings (SSSR count). The fourth-order valence-corrected chi connectivity index (χ4v) is 2.41. The number of hydrogen-bond acceptors (Lipinski definition) is 3. The molecule has 0 atom stereocenters. The maximum Gasteiger partial charge on any atom is 0.141 e. The SMILES string of the molecule is CCc1nc2cc(N)ccc2n1-c1ccc(F)c(C#N)c1. The molecule has 21 heavy (non-hydrogen) atoms. The van der Waals surface area contributed by atoms with E-state index in [0.717, 1.165) is 22.5 Å². The number of rotatable bonds is 2. The van der Waals surface area contributed by atoms with Gasteiger partial charge in [0.15, 0.2) is 0 Å². The molecule has 5 heteroatoms. The summed E-state index contributed by atoms with van der Waals surface area (Å²) in [5.74, 6) is 0.319. The number of nitrogens with zero attached hydrogens (tertiary/aromatic N) is 3. The van der Waals surface area contributed by atoms with E-state index in [-0.39, 0.29) is 5.56 Å². The Labute approximate surface area is 121 Å². The lowest BCUT2D eigenvalue weighted by Crippen LogP contribution is -2.01. The molecule has 1 aromatic heterocycles. The predicted octanol–water partition coefficient (Wildman–Crippen LogP) is 3.18. The Morgan fingerprint density at radius 2 is 2.10 bits per heavy atom. The van der Waals surface area contributed by atoms with E-state index in [9.17, 15) is 4.39 Å². The highest BCUT2D eigenvalue weighted by Crippen LogP contribution is 2.25. The van der Waals surface area contributed by atoms with Crippen LogP contribution in [0.1, 0.15) is 18.3 Å². The molecular formula is C16H13FN4. The lowest BCUT2D eigenvalue weighted by atomic mass is 10.2. The van der Waals surface area contributed by atoms with Crippen LogP contribution in [-0.4, -0.2) is 9.55 Å². The largest absolute Gasteiger partial charge is 0.399 e. The van der Waals surface area contributed by atoms with Crippen molar-refractivity contribution >= 4 is 16.7 Å². The van der Waals surface area contributed by atoms with Crippen molar-refractivity contribution < 1.29 is 4.39 Å². The van der Waals surface area contributed by atoms with E-state index in [1.54, 1.807) is 18.2 Å². The summed E-state index contributed by atoms with van der Waals surface area (Å²) >= 11 is 0. The summed E-state index contributed by atoms with van der Waals surface area (Å²) in [7, 11) is 0. The van der Waals surface area contributed by atoms with Crippen molar-refractivity contribution in [2.24, 2.45) is 0 Å². The van der Waals surface area contributed by atoms with Gasteiger partial charge >= 0.3 is 0 Å². The van der Waals surface area contributed by atoms with Crippen molar-refractivity contribution in [2.45, 2.75) is 13.3 Å². The Hall–Kier alpha value is -2.87. The molecule has 0 bridgehead atoms. The minimum Gasteiger partial charge on any atom is -0.399 e. The molecule has 1 heterocycles. The topological polar surface area (TPSA) is 67.6 Å². The fourth-order valence-electron chi connectivity index (χ4n) is 2.41. The van der Waals surface area contributed by atoms with Crippen LogP contribution in [0.15, 0.2) is 36.4 Å². The van der Waals surface area contributed by atoms with Gasteiger partial charge in [-0.05, 0) is 36.4 Å². The van der Waals surface area contributed by atoms with Crippen LogP contribution in [0.2, 0.25) is 0 Å². The van der Waals surface area contributed by atoms with Gasteiger partial charge in [0.1, 0.15) is 17.7 Å². The van der Waals surface area contributed by atoms with Crippen molar-refractivity contribution in [2.75, 3.05) is 5.73 Å². The maximum absolute atomic E-state index is 13.5. The average molecular weight is 280 g/mol. The molecule has 0 amide bonds. The standard InChI is InChI=1S/C16H13FN4/c1-2-16-20-14-8-11(19)3-6-15(14)21(16)12-4-5-13(17)10(7-12)9-18/h3-8H,2,19H2,1H3. The Morgan fingerprint density at radius 1 is 1.29 bits per heavy atom. The molecule has 104 valence electrons. The smallest absolute Gasteiger partial charge is 0.141 e. The first-order valence-corrected chi connectivity index (χ1v) is 6.61. The van der Waals surface area contributed by atoms with Crippen LogP contribution in [0, 0.1) is 17.1 Å². The monoisotopic (exact) mass is 280 g/mol. The number of aromatic nitrogens is 2. The number of fused-ring (bicyclic) bond motifs is 1. The van der Waals surface area contributed by atoms with Gasteiger partial charge in [0, 0.05) is 17.8 Å².